The van der Waals surface area contributed by atoms with E-state index in [1.165, 1.54) is 6.92 Å². The molecule has 3 heteroatoms. The third-order valence-corrected chi connectivity index (χ3v) is 1.75. The number of esters is 1. The molecule has 0 aliphatic rings. The van der Waals surface area contributed by atoms with Crippen LogP contribution in [0.3, 0.4) is 0 Å². The predicted molar refractivity (Wildman–Crippen MR) is 54.7 cm³/mol. The van der Waals surface area contributed by atoms with Crippen molar-refractivity contribution in [1.29, 1.82) is 0 Å². The summed E-state index contributed by atoms with van der Waals surface area (Å²) >= 11 is 0. The van der Waals surface area contributed by atoms with Gasteiger partial charge in [0.25, 0.3) is 0 Å². The average molecular weight is 198 g/mol. The number of hydrogen-bond acceptors (Lipinski definition) is 3. The second-order valence-electron chi connectivity index (χ2n) is 3.43. The maximum absolute atomic E-state index is 10.6. The molecule has 0 amide bonds. The molecular weight excluding hydrogens is 180 g/mol. The first-order chi connectivity index (χ1) is 6.49. The Bertz CT molecular complexity index is 247. The van der Waals surface area contributed by atoms with Crippen LogP contribution >= 0.6 is 0 Å². The van der Waals surface area contributed by atoms with Gasteiger partial charge in [-0.3, -0.25) is 4.79 Å². The van der Waals surface area contributed by atoms with Crippen LogP contribution in [0.25, 0.3) is 0 Å². The van der Waals surface area contributed by atoms with E-state index in [9.17, 15) is 9.90 Å². The SMILES string of the molecule is CC=C=C(COC(C)=O)[C@@H](O)C(C)C. The van der Waals surface area contributed by atoms with Gasteiger partial charge in [-0.1, -0.05) is 13.8 Å². The van der Waals surface area contributed by atoms with E-state index in [2.05, 4.69) is 5.73 Å². The van der Waals surface area contributed by atoms with Crippen molar-refractivity contribution in [3.8, 4) is 0 Å². The molecule has 80 valence electrons. The summed E-state index contributed by atoms with van der Waals surface area (Å²) in [4.78, 5) is 10.6. The topological polar surface area (TPSA) is 46.5 Å². The Labute approximate surface area is 85.1 Å². The van der Waals surface area contributed by atoms with Crippen molar-refractivity contribution in [1.82, 2.24) is 0 Å². The molecule has 0 aromatic heterocycles. The lowest BCUT2D eigenvalue weighted by Crippen LogP contribution is -2.21. The van der Waals surface area contributed by atoms with Crippen LogP contribution in [0.4, 0.5) is 0 Å². The van der Waals surface area contributed by atoms with Gasteiger partial charge in [0, 0.05) is 12.5 Å². The van der Waals surface area contributed by atoms with E-state index in [0.717, 1.165) is 0 Å². The molecular formula is C11H18O3. The van der Waals surface area contributed by atoms with Crippen LogP contribution in [-0.4, -0.2) is 23.8 Å². The number of carbonyl (C=O) groups is 1. The van der Waals surface area contributed by atoms with E-state index in [4.69, 9.17) is 4.74 Å². The zero-order valence-electron chi connectivity index (χ0n) is 9.20. The fraction of sp³-hybridized carbons (Fsp3) is 0.636. The highest BCUT2D eigenvalue weighted by Crippen LogP contribution is 2.11. The van der Waals surface area contributed by atoms with Gasteiger partial charge in [0.2, 0.25) is 0 Å². The van der Waals surface area contributed by atoms with Gasteiger partial charge in [-0.25, -0.2) is 0 Å². The van der Waals surface area contributed by atoms with Crippen LogP contribution in [0.5, 0.6) is 0 Å². The molecule has 0 rings (SSSR count). The standard InChI is InChI=1S/C11H18O3/c1-5-6-10(7-14-9(4)12)11(13)8(2)3/h5,8,11,13H,7H2,1-4H3/t6?,11-/m0/s1. The molecule has 0 bridgehead atoms. The van der Waals surface area contributed by atoms with E-state index in [0.29, 0.717) is 5.57 Å². The smallest absolute Gasteiger partial charge is 0.302 e. The minimum absolute atomic E-state index is 0.0907. The minimum atomic E-state index is -0.606. The van der Waals surface area contributed by atoms with Crippen molar-refractivity contribution < 1.29 is 14.6 Å². The highest BCUT2D eigenvalue weighted by atomic mass is 16.5. The fourth-order valence-corrected chi connectivity index (χ4v) is 0.980. The molecule has 0 aliphatic carbocycles. The Morgan fingerprint density at radius 3 is 2.50 bits per heavy atom. The quantitative estimate of drug-likeness (QED) is 0.552. The van der Waals surface area contributed by atoms with Gasteiger partial charge in [0.15, 0.2) is 0 Å². The molecule has 0 heterocycles. The lowest BCUT2D eigenvalue weighted by molar-refractivity contribution is -0.140. The first-order valence-corrected chi connectivity index (χ1v) is 4.70. The Kier molecular flexibility index (Phi) is 5.93. The summed E-state index contributed by atoms with van der Waals surface area (Å²) in [6, 6.07) is 0. The summed E-state index contributed by atoms with van der Waals surface area (Å²) in [5, 5.41) is 9.72. The largest absolute Gasteiger partial charge is 0.461 e. The van der Waals surface area contributed by atoms with Crippen LogP contribution < -0.4 is 0 Å². The monoisotopic (exact) mass is 198 g/mol. The minimum Gasteiger partial charge on any atom is -0.461 e. The van der Waals surface area contributed by atoms with Crippen LogP contribution in [0.2, 0.25) is 0 Å². The Morgan fingerprint density at radius 2 is 2.14 bits per heavy atom. The number of hydrogen-bond donors (Lipinski definition) is 1. The van der Waals surface area contributed by atoms with Gasteiger partial charge in [0.1, 0.15) is 6.61 Å². The lowest BCUT2D eigenvalue weighted by Gasteiger charge is -2.16. The van der Waals surface area contributed by atoms with Crippen LogP contribution in [0.15, 0.2) is 17.4 Å². The van der Waals surface area contributed by atoms with Gasteiger partial charge in [0.05, 0.1) is 6.10 Å². The number of ether oxygens (including phenoxy) is 1. The van der Waals surface area contributed by atoms with Gasteiger partial charge in [-0.15, -0.1) is 5.73 Å². The number of aliphatic hydroxyl groups excluding tert-OH is 1. The van der Waals surface area contributed by atoms with Crippen LogP contribution in [0.1, 0.15) is 27.7 Å². The zero-order valence-corrected chi connectivity index (χ0v) is 9.20. The lowest BCUT2D eigenvalue weighted by atomic mass is 10.0. The first kappa shape index (κ1) is 12.9. The van der Waals surface area contributed by atoms with Crippen molar-refractivity contribution in [3.63, 3.8) is 0 Å². The zero-order chi connectivity index (χ0) is 11.1. The van der Waals surface area contributed by atoms with Crippen molar-refractivity contribution in [2.75, 3.05) is 6.61 Å². The van der Waals surface area contributed by atoms with Crippen LogP contribution in [-0.2, 0) is 9.53 Å². The summed E-state index contributed by atoms with van der Waals surface area (Å²) in [7, 11) is 0. The predicted octanol–water partition coefficient (Wildman–Crippen LogP) is 1.67. The number of carbonyl (C=O) groups excluding carboxylic acids is 1. The molecule has 0 radical (unpaired) electrons. The van der Waals surface area contributed by atoms with E-state index < -0.39 is 6.10 Å². The van der Waals surface area contributed by atoms with Gasteiger partial charge >= 0.3 is 5.97 Å². The van der Waals surface area contributed by atoms with Gasteiger partial charge in [-0.2, -0.15) is 0 Å². The summed E-state index contributed by atoms with van der Waals surface area (Å²) < 4.78 is 4.81. The molecule has 0 saturated heterocycles. The van der Waals surface area contributed by atoms with Gasteiger partial charge < -0.3 is 9.84 Å². The molecule has 0 aromatic carbocycles. The molecule has 3 nitrogen and oxygen atoms in total. The Balaban J connectivity index is 4.47. The van der Waals surface area contributed by atoms with Crippen molar-refractivity contribution in [3.05, 3.63) is 17.4 Å². The summed E-state index contributed by atoms with van der Waals surface area (Å²) in [5.41, 5.74) is 3.49. The Morgan fingerprint density at radius 1 is 1.57 bits per heavy atom. The second-order valence-corrected chi connectivity index (χ2v) is 3.43. The van der Waals surface area contributed by atoms with Crippen molar-refractivity contribution in [2.24, 2.45) is 5.92 Å². The molecule has 0 aromatic rings. The molecule has 0 fully saturated rings. The highest BCUT2D eigenvalue weighted by molar-refractivity contribution is 5.66. The summed E-state index contributed by atoms with van der Waals surface area (Å²) in [5.74, 6) is -0.260. The summed E-state index contributed by atoms with van der Waals surface area (Å²) in [6.45, 7) is 7.06. The van der Waals surface area contributed by atoms with E-state index >= 15 is 0 Å². The summed E-state index contributed by atoms with van der Waals surface area (Å²) in [6.07, 6.45) is 1.09. The fourth-order valence-electron chi connectivity index (χ4n) is 0.980. The Hall–Kier alpha value is -1.05. The molecule has 0 aliphatic heterocycles. The second kappa shape index (κ2) is 6.41. The maximum atomic E-state index is 10.6. The van der Waals surface area contributed by atoms with Crippen molar-refractivity contribution >= 4 is 5.97 Å². The molecule has 0 unspecified atom stereocenters. The van der Waals surface area contributed by atoms with E-state index in [1.807, 2.05) is 13.8 Å². The van der Waals surface area contributed by atoms with Crippen molar-refractivity contribution in [2.45, 2.75) is 33.8 Å². The first-order valence-electron chi connectivity index (χ1n) is 4.70. The van der Waals surface area contributed by atoms with E-state index in [-0.39, 0.29) is 18.5 Å². The molecule has 0 saturated carbocycles. The third kappa shape index (κ3) is 4.85. The normalized spacial score (nSPS) is 11.9. The maximum Gasteiger partial charge on any atom is 0.302 e. The number of aliphatic hydroxyl groups is 1. The van der Waals surface area contributed by atoms with Crippen LogP contribution in [0, 0.1) is 5.92 Å². The molecule has 1 N–H and O–H groups in total. The molecule has 0 spiro atoms. The van der Waals surface area contributed by atoms with E-state index in [1.54, 1.807) is 13.0 Å². The number of rotatable bonds is 4. The molecule has 1 atom stereocenters. The third-order valence-electron chi connectivity index (χ3n) is 1.75. The average Bonchev–Trinajstić information content (AvgIpc) is 2.10. The highest BCUT2D eigenvalue weighted by Gasteiger charge is 2.15. The van der Waals surface area contributed by atoms with Gasteiger partial charge in [-0.05, 0) is 18.9 Å². The molecule has 14 heavy (non-hydrogen) atoms.